The van der Waals surface area contributed by atoms with Crippen LogP contribution in [0.5, 0.6) is 0 Å². The summed E-state index contributed by atoms with van der Waals surface area (Å²) in [5, 5.41) is 0. The number of H-pyrrole nitrogens is 1. The second kappa shape index (κ2) is 3.73. The van der Waals surface area contributed by atoms with Gasteiger partial charge in [0, 0.05) is 24.6 Å². The van der Waals surface area contributed by atoms with Crippen LogP contribution >= 0.6 is 0 Å². The summed E-state index contributed by atoms with van der Waals surface area (Å²) in [6.07, 6.45) is 4.15. The van der Waals surface area contributed by atoms with Crippen LogP contribution in [-0.2, 0) is 19.3 Å². The highest BCUT2D eigenvalue weighted by atomic mass is 14.9. The molecule has 14 heavy (non-hydrogen) atoms. The minimum Gasteiger partial charge on any atom is -0.346 e. The number of rotatable bonds is 2. The second-order valence-electron chi connectivity index (χ2n) is 4.71. The molecule has 1 aromatic rings. The highest BCUT2D eigenvalue weighted by molar-refractivity contribution is 5.19. The lowest BCUT2D eigenvalue weighted by atomic mass is 9.97. The van der Waals surface area contributed by atoms with Crippen LogP contribution in [0, 0.1) is 5.92 Å². The van der Waals surface area contributed by atoms with Gasteiger partial charge < -0.3 is 10.7 Å². The van der Waals surface area contributed by atoms with Gasteiger partial charge in [-0.05, 0) is 18.8 Å². The Morgan fingerprint density at radius 3 is 3.07 bits per heavy atom. The second-order valence-corrected chi connectivity index (χ2v) is 4.71. The Morgan fingerprint density at radius 1 is 1.57 bits per heavy atom. The van der Waals surface area contributed by atoms with Crippen LogP contribution in [0.4, 0.5) is 0 Å². The Labute approximate surface area is 85.1 Å². The molecule has 0 bridgehead atoms. The maximum Gasteiger partial charge on any atom is 0.106 e. The molecule has 1 atom stereocenters. The van der Waals surface area contributed by atoms with Crippen molar-refractivity contribution in [3.05, 3.63) is 17.2 Å². The van der Waals surface area contributed by atoms with E-state index in [1.807, 2.05) is 0 Å². The van der Waals surface area contributed by atoms with Gasteiger partial charge in [0.05, 0.1) is 5.69 Å². The fraction of sp³-hybridized carbons (Fsp3) is 0.727. The maximum absolute atomic E-state index is 5.91. The van der Waals surface area contributed by atoms with Crippen molar-refractivity contribution in [2.45, 2.75) is 45.6 Å². The SMILES string of the molecule is CC(C)Cc1nc2c([nH]1)CC(N)CC2. The largest absolute Gasteiger partial charge is 0.346 e. The summed E-state index contributed by atoms with van der Waals surface area (Å²) in [5.41, 5.74) is 8.44. The predicted octanol–water partition coefficient (Wildman–Crippen LogP) is 1.42. The van der Waals surface area contributed by atoms with Crippen molar-refractivity contribution in [1.29, 1.82) is 0 Å². The highest BCUT2D eigenvalue weighted by Gasteiger charge is 2.19. The molecule has 0 saturated heterocycles. The van der Waals surface area contributed by atoms with Crippen LogP contribution in [0.2, 0.25) is 0 Å². The van der Waals surface area contributed by atoms with Crippen LogP contribution in [0.1, 0.15) is 37.5 Å². The van der Waals surface area contributed by atoms with Crippen molar-refractivity contribution >= 4 is 0 Å². The number of imidazole rings is 1. The first kappa shape index (κ1) is 9.71. The maximum atomic E-state index is 5.91. The molecule has 3 heteroatoms. The van der Waals surface area contributed by atoms with Crippen molar-refractivity contribution in [3.63, 3.8) is 0 Å². The van der Waals surface area contributed by atoms with E-state index < -0.39 is 0 Å². The molecule has 0 spiro atoms. The summed E-state index contributed by atoms with van der Waals surface area (Å²) in [6.45, 7) is 4.43. The number of hydrogen-bond acceptors (Lipinski definition) is 2. The van der Waals surface area contributed by atoms with E-state index in [-0.39, 0.29) is 0 Å². The van der Waals surface area contributed by atoms with Crippen LogP contribution in [0.25, 0.3) is 0 Å². The van der Waals surface area contributed by atoms with Gasteiger partial charge in [-0.3, -0.25) is 0 Å². The van der Waals surface area contributed by atoms with E-state index in [2.05, 4.69) is 23.8 Å². The van der Waals surface area contributed by atoms with Gasteiger partial charge in [-0.15, -0.1) is 0 Å². The van der Waals surface area contributed by atoms with E-state index in [1.165, 1.54) is 11.4 Å². The summed E-state index contributed by atoms with van der Waals surface area (Å²) < 4.78 is 0. The average molecular weight is 193 g/mol. The topological polar surface area (TPSA) is 54.7 Å². The zero-order valence-electron chi connectivity index (χ0n) is 9.01. The van der Waals surface area contributed by atoms with Crippen LogP contribution in [-0.4, -0.2) is 16.0 Å². The van der Waals surface area contributed by atoms with Gasteiger partial charge in [-0.2, -0.15) is 0 Å². The molecule has 3 N–H and O–H groups in total. The molecule has 0 saturated carbocycles. The quantitative estimate of drug-likeness (QED) is 0.746. The molecule has 0 fully saturated rings. The Kier molecular flexibility index (Phi) is 2.59. The third kappa shape index (κ3) is 1.98. The molecule has 1 heterocycles. The van der Waals surface area contributed by atoms with Crippen molar-refractivity contribution < 1.29 is 0 Å². The summed E-state index contributed by atoms with van der Waals surface area (Å²) in [4.78, 5) is 8.02. The van der Waals surface area contributed by atoms with Crippen molar-refractivity contribution in [3.8, 4) is 0 Å². The first-order valence-electron chi connectivity index (χ1n) is 5.47. The molecule has 1 unspecified atom stereocenters. The summed E-state index contributed by atoms with van der Waals surface area (Å²) in [6, 6.07) is 0.329. The lowest BCUT2D eigenvalue weighted by Gasteiger charge is -2.16. The molecule has 1 aliphatic rings. The number of hydrogen-bond donors (Lipinski definition) is 2. The fourth-order valence-electron chi connectivity index (χ4n) is 2.05. The minimum atomic E-state index is 0.329. The molecule has 78 valence electrons. The number of fused-ring (bicyclic) bond motifs is 1. The predicted molar refractivity (Wildman–Crippen MR) is 57.1 cm³/mol. The Morgan fingerprint density at radius 2 is 2.36 bits per heavy atom. The molecular weight excluding hydrogens is 174 g/mol. The molecule has 3 nitrogen and oxygen atoms in total. The van der Waals surface area contributed by atoms with Crippen molar-refractivity contribution in [2.24, 2.45) is 11.7 Å². The average Bonchev–Trinajstić information content (AvgIpc) is 2.44. The minimum absolute atomic E-state index is 0.329. The van der Waals surface area contributed by atoms with E-state index in [0.29, 0.717) is 12.0 Å². The third-order valence-corrected chi connectivity index (χ3v) is 2.73. The van der Waals surface area contributed by atoms with Gasteiger partial charge in [-0.1, -0.05) is 13.8 Å². The van der Waals surface area contributed by atoms with Crippen LogP contribution in [0.15, 0.2) is 0 Å². The first-order chi connectivity index (χ1) is 6.65. The Bertz CT molecular complexity index is 314. The molecule has 0 aliphatic heterocycles. The lowest BCUT2D eigenvalue weighted by molar-refractivity contribution is 0.565. The summed E-state index contributed by atoms with van der Waals surface area (Å²) in [7, 11) is 0. The molecule has 1 aromatic heterocycles. The summed E-state index contributed by atoms with van der Waals surface area (Å²) >= 11 is 0. The molecular formula is C11H19N3. The Hall–Kier alpha value is -0.830. The van der Waals surface area contributed by atoms with E-state index >= 15 is 0 Å². The van der Waals surface area contributed by atoms with Gasteiger partial charge in [0.2, 0.25) is 0 Å². The Balaban J connectivity index is 2.15. The number of nitrogens with one attached hydrogen (secondary N) is 1. The smallest absolute Gasteiger partial charge is 0.106 e. The van der Waals surface area contributed by atoms with E-state index in [9.17, 15) is 0 Å². The fourth-order valence-corrected chi connectivity index (χ4v) is 2.05. The normalized spacial score (nSPS) is 21.3. The standard InChI is InChI=1S/C11H19N3/c1-7(2)5-11-13-9-4-3-8(12)6-10(9)14-11/h7-8H,3-6,12H2,1-2H3,(H,13,14). The third-order valence-electron chi connectivity index (χ3n) is 2.73. The van der Waals surface area contributed by atoms with E-state index in [1.54, 1.807) is 0 Å². The van der Waals surface area contributed by atoms with Gasteiger partial charge >= 0.3 is 0 Å². The lowest BCUT2D eigenvalue weighted by Crippen LogP contribution is -2.27. The summed E-state index contributed by atoms with van der Waals surface area (Å²) in [5.74, 6) is 1.80. The van der Waals surface area contributed by atoms with Gasteiger partial charge in [0.25, 0.3) is 0 Å². The number of aromatic nitrogens is 2. The molecule has 1 aliphatic carbocycles. The van der Waals surface area contributed by atoms with Crippen LogP contribution < -0.4 is 5.73 Å². The number of aromatic amines is 1. The monoisotopic (exact) mass is 193 g/mol. The molecule has 0 amide bonds. The number of nitrogens with zero attached hydrogens (tertiary/aromatic N) is 1. The first-order valence-corrected chi connectivity index (χ1v) is 5.47. The number of nitrogens with two attached hydrogens (primary N) is 1. The molecule has 2 rings (SSSR count). The number of aryl methyl sites for hydroxylation is 1. The zero-order chi connectivity index (χ0) is 10.1. The zero-order valence-corrected chi connectivity index (χ0v) is 9.01. The van der Waals surface area contributed by atoms with Gasteiger partial charge in [0.1, 0.15) is 5.82 Å². The molecule has 0 aromatic carbocycles. The van der Waals surface area contributed by atoms with Crippen molar-refractivity contribution in [2.75, 3.05) is 0 Å². The van der Waals surface area contributed by atoms with E-state index in [0.717, 1.165) is 31.5 Å². The van der Waals surface area contributed by atoms with Gasteiger partial charge in [0.15, 0.2) is 0 Å². The highest BCUT2D eigenvalue weighted by Crippen LogP contribution is 2.19. The van der Waals surface area contributed by atoms with Crippen molar-refractivity contribution in [1.82, 2.24) is 9.97 Å². The van der Waals surface area contributed by atoms with Crippen LogP contribution in [0.3, 0.4) is 0 Å². The molecule has 0 radical (unpaired) electrons. The van der Waals surface area contributed by atoms with Gasteiger partial charge in [-0.25, -0.2) is 4.98 Å². The van der Waals surface area contributed by atoms with E-state index in [4.69, 9.17) is 5.73 Å².